The van der Waals surface area contributed by atoms with E-state index in [4.69, 9.17) is 0 Å². The third kappa shape index (κ3) is 2.67. The van der Waals surface area contributed by atoms with Gasteiger partial charge in [-0.25, -0.2) is 4.79 Å². The van der Waals surface area contributed by atoms with Gasteiger partial charge in [0.15, 0.2) is 0 Å². The molecule has 0 spiro atoms. The molecule has 10 heteroatoms. The first-order valence-electron chi connectivity index (χ1n) is 7.37. The molecule has 0 saturated carbocycles. The maximum absolute atomic E-state index is 12.3. The fraction of sp³-hybridized carbons (Fsp3) is 0.267. The standard InChI is InChI=1S/C15H15N5O5/c1-18-13(21)12(14(22)19(2)15(18)23)11-7-10(16-17-11)8-4-3-5-9(6-8)20(24)25/h3-6,10,16,21H,7H2,1-2H3/t10-/m1/s1. The molecule has 1 atom stereocenters. The van der Waals surface area contributed by atoms with Crippen molar-refractivity contribution in [2.45, 2.75) is 12.5 Å². The highest BCUT2D eigenvalue weighted by Crippen LogP contribution is 2.27. The second kappa shape index (κ2) is 5.89. The van der Waals surface area contributed by atoms with Crippen LogP contribution in [0.2, 0.25) is 0 Å². The van der Waals surface area contributed by atoms with Crippen LogP contribution in [-0.2, 0) is 14.1 Å². The summed E-state index contributed by atoms with van der Waals surface area (Å²) in [6, 6.07) is 5.71. The summed E-state index contributed by atoms with van der Waals surface area (Å²) in [5, 5.41) is 25.1. The number of aromatic hydroxyl groups is 1. The second-order valence-electron chi connectivity index (χ2n) is 5.70. The van der Waals surface area contributed by atoms with E-state index < -0.39 is 22.1 Å². The van der Waals surface area contributed by atoms with Crippen LogP contribution in [0.15, 0.2) is 39.0 Å². The van der Waals surface area contributed by atoms with E-state index in [2.05, 4.69) is 10.5 Å². The highest BCUT2D eigenvalue weighted by atomic mass is 16.6. The number of nitro benzene ring substituents is 1. The zero-order chi connectivity index (χ0) is 18.3. The normalized spacial score (nSPS) is 16.4. The van der Waals surface area contributed by atoms with Gasteiger partial charge in [0, 0.05) is 32.6 Å². The van der Waals surface area contributed by atoms with E-state index in [1.54, 1.807) is 12.1 Å². The Hall–Kier alpha value is -3.43. The van der Waals surface area contributed by atoms with Crippen LogP contribution in [0.5, 0.6) is 5.88 Å². The van der Waals surface area contributed by atoms with Gasteiger partial charge in [-0.15, -0.1) is 0 Å². The SMILES string of the molecule is Cn1c(O)c(C2=NN[C@@H](c3cccc([N+](=O)[O-])c3)C2)c(=O)n(C)c1=O. The molecule has 0 saturated heterocycles. The van der Waals surface area contributed by atoms with E-state index in [9.17, 15) is 24.8 Å². The van der Waals surface area contributed by atoms with Crippen molar-refractivity contribution in [3.05, 3.63) is 66.3 Å². The highest BCUT2D eigenvalue weighted by molar-refractivity contribution is 6.03. The summed E-state index contributed by atoms with van der Waals surface area (Å²) >= 11 is 0. The van der Waals surface area contributed by atoms with Crippen LogP contribution in [0.4, 0.5) is 5.69 Å². The Morgan fingerprint density at radius 1 is 1.32 bits per heavy atom. The van der Waals surface area contributed by atoms with Gasteiger partial charge >= 0.3 is 5.69 Å². The first-order chi connectivity index (χ1) is 11.8. The number of nitrogens with zero attached hydrogens (tertiary/aromatic N) is 4. The zero-order valence-electron chi connectivity index (χ0n) is 13.5. The molecule has 1 aliphatic rings. The Balaban J connectivity index is 1.97. The quantitative estimate of drug-likeness (QED) is 0.600. The summed E-state index contributed by atoms with van der Waals surface area (Å²) in [7, 11) is 2.66. The lowest BCUT2D eigenvalue weighted by atomic mass is 9.99. The Kier molecular flexibility index (Phi) is 3.87. The van der Waals surface area contributed by atoms with E-state index in [1.807, 2.05) is 0 Å². The van der Waals surface area contributed by atoms with Crippen LogP contribution in [-0.4, -0.2) is 24.9 Å². The van der Waals surface area contributed by atoms with Gasteiger partial charge in [0.25, 0.3) is 11.2 Å². The fourth-order valence-corrected chi connectivity index (χ4v) is 2.73. The molecule has 3 rings (SSSR count). The predicted molar refractivity (Wildman–Crippen MR) is 88.7 cm³/mol. The Morgan fingerprint density at radius 2 is 2.04 bits per heavy atom. The molecule has 0 aliphatic carbocycles. The van der Waals surface area contributed by atoms with Crippen LogP contribution in [0.1, 0.15) is 23.6 Å². The van der Waals surface area contributed by atoms with E-state index in [-0.39, 0.29) is 29.4 Å². The number of non-ortho nitro benzene ring substituents is 1. The predicted octanol–water partition coefficient (Wildman–Crippen LogP) is 0.136. The number of hydrazone groups is 1. The lowest BCUT2D eigenvalue weighted by molar-refractivity contribution is -0.384. The molecule has 2 N–H and O–H groups in total. The van der Waals surface area contributed by atoms with Crippen LogP contribution in [0.25, 0.3) is 0 Å². The number of aromatic nitrogens is 2. The van der Waals surface area contributed by atoms with Crippen molar-refractivity contribution in [2.75, 3.05) is 0 Å². The molecule has 0 bridgehead atoms. The molecule has 130 valence electrons. The van der Waals surface area contributed by atoms with Crippen molar-refractivity contribution in [1.29, 1.82) is 0 Å². The highest BCUT2D eigenvalue weighted by Gasteiger charge is 2.28. The molecule has 2 aromatic rings. The topological polar surface area (TPSA) is 132 Å². The molecule has 1 aromatic heterocycles. The molecule has 10 nitrogen and oxygen atoms in total. The van der Waals surface area contributed by atoms with E-state index in [1.165, 1.54) is 26.2 Å². The van der Waals surface area contributed by atoms with Gasteiger partial charge in [0.1, 0.15) is 5.56 Å². The van der Waals surface area contributed by atoms with Gasteiger partial charge in [0.05, 0.1) is 16.7 Å². The first kappa shape index (κ1) is 16.4. The number of rotatable bonds is 3. The van der Waals surface area contributed by atoms with Gasteiger partial charge in [0.2, 0.25) is 5.88 Å². The van der Waals surface area contributed by atoms with Crippen molar-refractivity contribution in [2.24, 2.45) is 19.2 Å². The molecule has 2 heterocycles. The van der Waals surface area contributed by atoms with Gasteiger partial charge in [-0.1, -0.05) is 12.1 Å². The van der Waals surface area contributed by atoms with E-state index in [0.717, 1.165) is 9.13 Å². The first-order valence-corrected chi connectivity index (χ1v) is 7.37. The summed E-state index contributed by atoms with van der Waals surface area (Å²) in [6.07, 6.45) is 0.238. The minimum absolute atomic E-state index is 0.0476. The molecule has 1 aliphatic heterocycles. The molecule has 0 radical (unpaired) electrons. The van der Waals surface area contributed by atoms with Crippen LogP contribution >= 0.6 is 0 Å². The van der Waals surface area contributed by atoms with Gasteiger partial charge < -0.3 is 10.5 Å². The average Bonchev–Trinajstić information content (AvgIpc) is 3.08. The maximum Gasteiger partial charge on any atom is 0.333 e. The van der Waals surface area contributed by atoms with Crippen LogP contribution in [0, 0.1) is 10.1 Å². The molecular weight excluding hydrogens is 330 g/mol. The van der Waals surface area contributed by atoms with Crippen LogP contribution < -0.4 is 16.7 Å². The minimum atomic E-state index is -0.652. The summed E-state index contributed by atoms with van der Waals surface area (Å²) in [4.78, 5) is 34.5. The fourth-order valence-electron chi connectivity index (χ4n) is 2.73. The van der Waals surface area contributed by atoms with Gasteiger partial charge in [-0.3, -0.25) is 24.0 Å². The molecule has 0 unspecified atom stereocenters. The summed E-state index contributed by atoms with van der Waals surface area (Å²) in [5.74, 6) is -0.464. The smallest absolute Gasteiger partial charge is 0.333 e. The summed E-state index contributed by atoms with van der Waals surface area (Å²) < 4.78 is 1.85. The lowest BCUT2D eigenvalue weighted by Gasteiger charge is -2.11. The summed E-state index contributed by atoms with van der Waals surface area (Å²) in [6.45, 7) is 0. The lowest BCUT2D eigenvalue weighted by Crippen LogP contribution is -2.39. The Labute approximate surface area is 140 Å². The second-order valence-corrected chi connectivity index (χ2v) is 5.70. The summed E-state index contributed by atoms with van der Waals surface area (Å²) in [5.41, 5.74) is 2.32. The van der Waals surface area contributed by atoms with Crippen molar-refractivity contribution < 1.29 is 10.0 Å². The van der Waals surface area contributed by atoms with Crippen molar-refractivity contribution >= 4 is 11.4 Å². The third-order valence-corrected chi connectivity index (χ3v) is 4.16. The largest absolute Gasteiger partial charge is 0.494 e. The number of hydrogen-bond donors (Lipinski definition) is 2. The molecular formula is C15H15N5O5. The third-order valence-electron chi connectivity index (χ3n) is 4.16. The van der Waals surface area contributed by atoms with Crippen molar-refractivity contribution in [3.8, 4) is 5.88 Å². The average molecular weight is 345 g/mol. The number of nitrogens with one attached hydrogen (secondary N) is 1. The number of hydrogen-bond acceptors (Lipinski definition) is 7. The molecule has 25 heavy (non-hydrogen) atoms. The van der Waals surface area contributed by atoms with Crippen molar-refractivity contribution in [1.82, 2.24) is 14.6 Å². The Morgan fingerprint density at radius 3 is 2.72 bits per heavy atom. The van der Waals surface area contributed by atoms with Crippen LogP contribution in [0.3, 0.4) is 0 Å². The van der Waals surface area contributed by atoms with E-state index >= 15 is 0 Å². The minimum Gasteiger partial charge on any atom is -0.494 e. The Bertz CT molecular complexity index is 1020. The maximum atomic E-state index is 12.3. The molecule has 0 amide bonds. The number of benzene rings is 1. The monoisotopic (exact) mass is 345 g/mol. The van der Waals surface area contributed by atoms with E-state index in [0.29, 0.717) is 5.56 Å². The zero-order valence-corrected chi connectivity index (χ0v) is 13.5. The number of nitro groups is 1. The molecule has 0 fully saturated rings. The van der Waals surface area contributed by atoms with Crippen molar-refractivity contribution in [3.63, 3.8) is 0 Å². The van der Waals surface area contributed by atoms with Gasteiger partial charge in [-0.05, 0) is 5.56 Å². The van der Waals surface area contributed by atoms with Gasteiger partial charge in [-0.2, -0.15) is 5.10 Å². The molecule has 1 aromatic carbocycles.